The molecule has 0 atom stereocenters. The van der Waals surface area contributed by atoms with Gasteiger partial charge in [-0.05, 0) is 123 Å². The van der Waals surface area contributed by atoms with Crippen molar-refractivity contribution in [1.29, 1.82) is 0 Å². The molecule has 11 aromatic carbocycles. The summed E-state index contributed by atoms with van der Waals surface area (Å²) in [6.45, 7) is 0. The summed E-state index contributed by atoms with van der Waals surface area (Å²) in [6.07, 6.45) is 0. The lowest BCUT2D eigenvalue weighted by molar-refractivity contribution is 1.18. The molecule has 304 valence electrons. The van der Waals surface area contributed by atoms with Crippen LogP contribution in [0.4, 0.5) is 17.1 Å². The number of rotatable bonds is 7. The summed E-state index contributed by atoms with van der Waals surface area (Å²) in [4.78, 5) is 2.42. The van der Waals surface area contributed by atoms with Crippen LogP contribution in [0.15, 0.2) is 249 Å². The Morgan fingerprint density at radius 2 is 0.692 bits per heavy atom. The van der Waals surface area contributed by atoms with E-state index < -0.39 is 0 Å². The number of aromatic nitrogens is 2. The average Bonchev–Trinajstić information content (AvgIpc) is 3.90. The molecule has 0 N–H and O–H groups in total. The topological polar surface area (TPSA) is 13.1 Å². The number of fused-ring (bicyclic) bond motifs is 9. The first-order valence-electron chi connectivity index (χ1n) is 22.3. The van der Waals surface area contributed by atoms with Gasteiger partial charge in [-0.1, -0.05) is 164 Å². The fraction of sp³-hybridized carbons (Fsp3) is 0. The first kappa shape index (κ1) is 36.9. The Kier molecular flexibility index (Phi) is 8.53. The first-order chi connectivity index (χ1) is 32.2. The summed E-state index contributed by atoms with van der Waals surface area (Å²) in [7, 11) is 0. The van der Waals surface area contributed by atoms with Crippen LogP contribution in [0.25, 0.3) is 98.8 Å². The monoisotopic (exact) mass is 827 g/mol. The lowest BCUT2D eigenvalue weighted by Crippen LogP contribution is -2.10. The van der Waals surface area contributed by atoms with Crippen molar-refractivity contribution >= 4 is 82.2 Å². The normalized spacial score (nSPS) is 11.7. The number of hydrogen-bond acceptors (Lipinski definition) is 1. The Morgan fingerprint density at radius 1 is 0.262 bits per heavy atom. The van der Waals surface area contributed by atoms with Gasteiger partial charge in [-0.25, -0.2) is 0 Å². The van der Waals surface area contributed by atoms with Gasteiger partial charge >= 0.3 is 0 Å². The minimum Gasteiger partial charge on any atom is -0.310 e. The van der Waals surface area contributed by atoms with E-state index in [1.54, 1.807) is 0 Å². The molecule has 2 heterocycles. The minimum absolute atomic E-state index is 1.10. The molecule has 0 unspecified atom stereocenters. The third-order valence-electron chi connectivity index (χ3n) is 13.3. The van der Waals surface area contributed by atoms with Crippen LogP contribution in [0, 0.1) is 0 Å². The maximum atomic E-state index is 2.42. The predicted molar refractivity (Wildman–Crippen MR) is 276 cm³/mol. The standard InChI is InChI=1S/C62H41N3/c1-2-15-48(16-3-1)64-59-23-11-8-20-55(59)56-41-47(33-40-60(56)64)44-31-36-50(37-32-44)63(61-24-12-14-46-26-25-45-13-4-5-17-52(45)62(46)61)49-34-27-42(28-35-49)43-29-38-51(39-30-43)65-57-21-9-6-18-53(57)54-19-7-10-22-58(54)65/h1-41H. The van der Waals surface area contributed by atoms with Crippen LogP contribution in [0.5, 0.6) is 0 Å². The molecule has 0 fully saturated rings. The van der Waals surface area contributed by atoms with Crippen molar-refractivity contribution in [3.63, 3.8) is 0 Å². The molecule has 0 saturated heterocycles. The van der Waals surface area contributed by atoms with Crippen molar-refractivity contribution in [2.24, 2.45) is 0 Å². The van der Waals surface area contributed by atoms with Crippen LogP contribution in [0.2, 0.25) is 0 Å². The Hall–Kier alpha value is -8.66. The van der Waals surface area contributed by atoms with Gasteiger partial charge in [-0.15, -0.1) is 0 Å². The molecule has 13 aromatic rings. The molecule has 65 heavy (non-hydrogen) atoms. The van der Waals surface area contributed by atoms with Crippen LogP contribution in [0.3, 0.4) is 0 Å². The molecule has 0 aliphatic rings. The molecule has 13 rings (SSSR count). The highest BCUT2D eigenvalue weighted by atomic mass is 15.1. The summed E-state index contributed by atoms with van der Waals surface area (Å²) >= 11 is 0. The second kappa shape index (κ2) is 15.0. The summed E-state index contributed by atoms with van der Waals surface area (Å²) in [6, 6.07) is 90.7. The summed E-state index contributed by atoms with van der Waals surface area (Å²) in [5.74, 6) is 0. The van der Waals surface area contributed by atoms with Crippen LogP contribution in [-0.4, -0.2) is 9.13 Å². The van der Waals surface area contributed by atoms with Crippen LogP contribution in [0.1, 0.15) is 0 Å². The molecule has 0 saturated carbocycles. The third kappa shape index (κ3) is 6.05. The van der Waals surface area contributed by atoms with Crippen molar-refractivity contribution < 1.29 is 0 Å². The molecule has 0 aliphatic carbocycles. The highest BCUT2D eigenvalue weighted by Crippen LogP contribution is 2.43. The molecule has 0 amide bonds. The van der Waals surface area contributed by atoms with E-state index >= 15 is 0 Å². The van der Waals surface area contributed by atoms with E-state index in [0.29, 0.717) is 0 Å². The van der Waals surface area contributed by atoms with E-state index in [-0.39, 0.29) is 0 Å². The van der Waals surface area contributed by atoms with E-state index in [1.807, 2.05) is 0 Å². The van der Waals surface area contributed by atoms with Crippen LogP contribution >= 0.6 is 0 Å². The Balaban J connectivity index is 0.898. The molecule has 0 spiro atoms. The Labute approximate surface area is 376 Å². The predicted octanol–water partition coefficient (Wildman–Crippen LogP) is 17.0. The molecule has 0 radical (unpaired) electrons. The van der Waals surface area contributed by atoms with Gasteiger partial charge in [0.2, 0.25) is 0 Å². The second-order valence-electron chi connectivity index (χ2n) is 16.9. The fourth-order valence-corrected chi connectivity index (χ4v) is 10.3. The molecule has 0 aliphatic heterocycles. The van der Waals surface area contributed by atoms with Gasteiger partial charge in [0.1, 0.15) is 0 Å². The van der Waals surface area contributed by atoms with Gasteiger partial charge in [-0.2, -0.15) is 0 Å². The Bertz CT molecular complexity index is 3860. The van der Waals surface area contributed by atoms with E-state index in [2.05, 4.69) is 263 Å². The Morgan fingerprint density at radius 3 is 1.31 bits per heavy atom. The minimum atomic E-state index is 1.10. The largest absolute Gasteiger partial charge is 0.310 e. The summed E-state index contributed by atoms with van der Waals surface area (Å²) < 4.78 is 4.74. The third-order valence-corrected chi connectivity index (χ3v) is 13.3. The molecule has 2 aromatic heterocycles. The fourth-order valence-electron chi connectivity index (χ4n) is 10.3. The maximum Gasteiger partial charge on any atom is 0.0546 e. The summed E-state index contributed by atoms with van der Waals surface area (Å²) in [5.41, 5.74) is 15.2. The van der Waals surface area contributed by atoms with Crippen LogP contribution in [-0.2, 0) is 0 Å². The summed E-state index contributed by atoms with van der Waals surface area (Å²) in [5, 5.41) is 9.96. The van der Waals surface area contributed by atoms with Gasteiger partial charge in [0.25, 0.3) is 0 Å². The van der Waals surface area contributed by atoms with Crippen LogP contribution < -0.4 is 4.90 Å². The van der Waals surface area contributed by atoms with Crippen molar-refractivity contribution in [2.75, 3.05) is 4.90 Å². The zero-order valence-electron chi connectivity index (χ0n) is 35.5. The molecule has 3 heteroatoms. The highest BCUT2D eigenvalue weighted by molar-refractivity contribution is 6.15. The number of nitrogens with zero attached hydrogens (tertiary/aromatic N) is 3. The molecular formula is C62H41N3. The highest BCUT2D eigenvalue weighted by Gasteiger charge is 2.19. The number of anilines is 3. The van der Waals surface area contributed by atoms with Crippen molar-refractivity contribution in [1.82, 2.24) is 9.13 Å². The van der Waals surface area contributed by atoms with Gasteiger partial charge in [0, 0.05) is 49.7 Å². The number of para-hydroxylation sites is 4. The van der Waals surface area contributed by atoms with Gasteiger partial charge in [-0.3, -0.25) is 0 Å². The van der Waals surface area contributed by atoms with Gasteiger partial charge < -0.3 is 14.0 Å². The lowest BCUT2D eigenvalue weighted by Gasteiger charge is -2.28. The second-order valence-corrected chi connectivity index (χ2v) is 16.9. The number of benzene rings is 11. The smallest absolute Gasteiger partial charge is 0.0546 e. The van der Waals surface area contributed by atoms with E-state index in [9.17, 15) is 0 Å². The zero-order valence-corrected chi connectivity index (χ0v) is 35.5. The first-order valence-corrected chi connectivity index (χ1v) is 22.3. The van der Waals surface area contributed by atoms with E-state index in [1.165, 1.54) is 93.1 Å². The quantitative estimate of drug-likeness (QED) is 0.146. The molecule has 0 bridgehead atoms. The van der Waals surface area contributed by atoms with E-state index in [4.69, 9.17) is 0 Å². The lowest BCUT2D eigenvalue weighted by atomic mass is 9.98. The van der Waals surface area contributed by atoms with Crippen molar-refractivity contribution in [3.8, 4) is 33.6 Å². The molecular weight excluding hydrogens is 787 g/mol. The molecule has 3 nitrogen and oxygen atoms in total. The van der Waals surface area contributed by atoms with Crippen molar-refractivity contribution in [3.05, 3.63) is 249 Å². The van der Waals surface area contributed by atoms with Gasteiger partial charge in [0.05, 0.1) is 27.8 Å². The van der Waals surface area contributed by atoms with E-state index in [0.717, 1.165) is 22.7 Å². The van der Waals surface area contributed by atoms with Crippen molar-refractivity contribution in [2.45, 2.75) is 0 Å². The number of hydrogen-bond donors (Lipinski definition) is 0. The zero-order chi connectivity index (χ0) is 42.8. The SMILES string of the molecule is c1ccc(-n2c3ccccc3c3cc(-c4ccc(N(c5ccc(-c6ccc(-n7c8ccccc8c8ccccc87)cc6)cc5)c5cccc6ccc7ccccc7c56)cc4)ccc32)cc1. The maximum absolute atomic E-state index is 2.42. The van der Waals surface area contributed by atoms with Gasteiger partial charge in [0.15, 0.2) is 0 Å². The average molecular weight is 828 g/mol.